The zero-order chi connectivity index (χ0) is 14.1. The summed E-state index contributed by atoms with van der Waals surface area (Å²) in [6.07, 6.45) is 4.99. The molecular formula is C13H12BrN5O. The molecule has 0 atom stereocenters. The molecule has 3 aromatic rings. The number of hydrogen-bond acceptors (Lipinski definition) is 4. The molecule has 0 aliphatic rings. The van der Waals surface area contributed by atoms with Gasteiger partial charge in [-0.1, -0.05) is 0 Å². The number of hydrogen-bond donors (Lipinski definition) is 2. The Morgan fingerprint density at radius 1 is 1.55 bits per heavy atom. The van der Waals surface area contributed by atoms with Crippen molar-refractivity contribution in [3.05, 3.63) is 34.6 Å². The number of aliphatic imine (C=N–C) groups is 1. The Morgan fingerprint density at radius 3 is 3.20 bits per heavy atom. The Hall–Kier alpha value is -2.15. The molecule has 0 amide bonds. The van der Waals surface area contributed by atoms with Crippen LogP contribution in [0.25, 0.3) is 11.0 Å². The molecule has 3 rings (SSSR count). The topological polar surface area (TPSA) is 79.1 Å². The standard InChI is InChI=1S/C13H12BrN5O/c1-2-19-11(3-4-17-19)15-7-10-9-5-8(14)6-16-12(9)18-13(10)20/h3-7,20H,2H2,1H3,(H,16,18). The van der Waals surface area contributed by atoms with Gasteiger partial charge in [-0.25, -0.2) is 14.7 Å². The minimum Gasteiger partial charge on any atom is -0.494 e. The summed E-state index contributed by atoms with van der Waals surface area (Å²) >= 11 is 3.37. The van der Waals surface area contributed by atoms with E-state index >= 15 is 0 Å². The van der Waals surface area contributed by atoms with Gasteiger partial charge in [0.25, 0.3) is 0 Å². The maximum Gasteiger partial charge on any atom is 0.199 e. The van der Waals surface area contributed by atoms with E-state index in [0.717, 1.165) is 22.2 Å². The quantitative estimate of drug-likeness (QED) is 0.723. The third kappa shape index (κ3) is 2.20. The van der Waals surface area contributed by atoms with Gasteiger partial charge >= 0.3 is 0 Å². The van der Waals surface area contributed by atoms with Crippen molar-refractivity contribution in [3.63, 3.8) is 0 Å². The molecule has 0 aliphatic heterocycles. The Balaban J connectivity index is 2.06. The fourth-order valence-corrected chi connectivity index (χ4v) is 2.32. The maximum absolute atomic E-state index is 9.96. The molecule has 6 nitrogen and oxygen atoms in total. The predicted molar refractivity (Wildman–Crippen MR) is 80.6 cm³/mol. The molecule has 0 aliphatic carbocycles. The first-order valence-electron chi connectivity index (χ1n) is 6.11. The molecule has 0 aromatic carbocycles. The van der Waals surface area contributed by atoms with Gasteiger partial charge in [-0.3, -0.25) is 0 Å². The molecule has 2 N–H and O–H groups in total. The summed E-state index contributed by atoms with van der Waals surface area (Å²) in [5, 5.41) is 14.9. The van der Waals surface area contributed by atoms with Gasteiger partial charge in [0, 0.05) is 34.9 Å². The van der Waals surface area contributed by atoms with E-state index in [2.05, 4.69) is 36.0 Å². The van der Waals surface area contributed by atoms with E-state index in [1.165, 1.54) is 0 Å². The first-order valence-corrected chi connectivity index (χ1v) is 6.90. The number of H-pyrrole nitrogens is 1. The Labute approximate surface area is 123 Å². The molecule has 0 bridgehead atoms. The largest absolute Gasteiger partial charge is 0.494 e. The molecule has 3 heterocycles. The van der Waals surface area contributed by atoms with Crippen molar-refractivity contribution >= 4 is 39.0 Å². The maximum atomic E-state index is 9.96. The predicted octanol–water partition coefficient (Wildman–Crippen LogP) is 3.00. The highest BCUT2D eigenvalue weighted by molar-refractivity contribution is 9.10. The minimum absolute atomic E-state index is 0.0527. The van der Waals surface area contributed by atoms with Crippen LogP contribution in [0.15, 0.2) is 34.0 Å². The Bertz CT molecular complexity index is 789. The highest BCUT2D eigenvalue weighted by Crippen LogP contribution is 2.27. The van der Waals surface area contributed by atoms with Gasteiger partial charge in [-0.15, -0.1) is 0 Å². The average molecular weight is 334 g/mol. The summed E-state index contributed by atoms with van der Waals surface area (Å²) in [6, 6.07) is 3.71. The lowest BCUT2D eigenvalue weighted by molar-refractivity contribution is 0.457. The molecular weight excluding hydrogens is 322 g/mol. The van der Waals surface area contributed by atoms with Gasteiger partial charge in [0.15, 0.2) is 5.88 Å². The molecule has 20 heavy (non-hydrogen) atoms. The normalized spacial score (nSPS) is 11.7. The summed E-state index contributed by atoms with van der Waals surface area (Å²) in [4.78, 5) is 11.4. The van der Waals surface area contributed by atoms with Crippen LogP contribution in [0.2, 0.25) is 0 Å². The second kappa shape index (κ2) is 5.09. The molecule has 0 fully saturated rings. The number of aromatic hydroxyl groups is 1. The molecule has 0 unspecified atom stereocenters. The van der Waals surface area contributed by atoms with Crippen LogP contribution >= 0.6 is 15.9 Å². The number of aromatic nitrogens is 4. The van der Waals surface area contributed by atoms with E-state index in [1.54, 1.807) is 23.3 Å². The zero-order valence-corrected chi connectivity index (χ0v) is 12.3. The molecule has 0 saturated carbocycles. The highest BCUT2D eigenvalue weighted by Gasteiger charge is 2.10. The van der Waals surface area contributed by atoms with Crippen LogP contribution in [0, 0.1) is 0 Å². The second-order valence-electron chi connectivity index (χ2n) is 4.20. The third-order valence-corrected chi connectivity index (χ3v) is 3.39. The van der Waals surface area contributed by atoms with Gasteiger partial charge < -0.3 is 10.1 Å². The van der Waals surface area contributed by atoms with Gasteiger partial charge in [0.2, 0.25) is 0 Å². The van der Waals surface area contributed by atoms with Gasteiger partial charge in [-0.2, -0.15) is 5.10 Å². The third-order valence-electron chi connectivity index (χ3n) is 2.96. The monoisotopic (exact) mass is 333 g/mol. The molecule has 0 saturated heterocycles. The first-order chi connectivity index (χ1) is 9.69. The summed E-state index contributed by atoms with van der Waals surface area (Å²) in [7, 11) is 0. The molecule has 0 radical (unpaired) electrons. The number of rotatable bonds is 3. The number of halogens is 1. The summed E-state index contributed by atoms with van der Waals surface area (Å²) in [5.74, 6) is 0.793. The van der Waals surface area contributed by atoms with Crippen LogP contribution in [0.4, 0.5) is 5.82 Å². The van der Waals surface area contributed by atoms with Crippen molar-refractivity contribution in [2.75, 3.05) is 0 Å². The van der Waals surface area contributed by atoms with Crippen molar-refractivity contribution < 1.29 is 5.11 Å². The lowest BCUT2D eigenvalue weighted by Crippen LogP contribution is -1.94. The summed E-state index contributed by atoms with van der Waals surface area (Å²) in [5.41, 5.74) is 1.23. The smallest absolute Gasteiger partial charge is 0.199 e. The highest BCUT2D eigenvalue weighted by atomic mass is 79.9. The van der Waals surface area contributed by atoms with E-state index in [9.17, 15) is 5.11 Å². The number of pyridine rings is 1. The van der Waals surface area contributed by atoms with E-state index in [-0.39, 0.29) is 5.88 Å². The van der Waals surface area contributed by atoms with E-state index in [1.807, 2.05) is 19.1 Å². The fourth-order valence-electron chi connectivity index (χ4n) is 1.99. The van der Waals surface area contributed by atoms with Gasteiger partial charge in [0.1, 0.15) is 11.5 Å². The zero-order valence-electron chi connectivity index (χ0n) is 10.7. The SMILES string of the molecule is CCn1nccc1N=Cc1c(O)[nH]c2ncc(Br)cc12. The molecule has 3 aromatic heterocycles. The Kier molecular flexibility index (Phi) is 3.27. The number of aromatic amines is 1. The molecule has 102 valence electrons. The van der Waals surface area contributed by atoms with Crippen LogP contribution in [0.1, 0.15) is 12.5 Å². The minimum atomic E-state index is 0.0527. The van der Waals surface area contributed by atoms with Crippen LogP contribution < -0.4 is 0 Å². The molecule has 0 spiro atoms. The van der Waals surface area contributed by atoms with E-state index in [4.69, 9.17) is 0 Å². The second-order valence-corrected chi connectivity index (χ2v) is 5.12. The van der Waals surface area contributed by atoms with Gasteiger partial charge in [-0.05, 0) is 28.9 Å². The number of aryl methyl sites for hydroxylation is 1. The van der Waals surface area contributed by atoms with E-state index in [0.29, 0.717) is 11.2 Å². The van der Waals surface area contributed by atoms with Crippen molar-refractivity contribution in [1.29, 1.82) is 0 Å². The number of nitrogens with zero attached hydrogens (tertiary/aromatic N) is 4. The Morgan fingerprint density at radius 2 is 2.40 bits per heavy atom. The lowest BCUT2D eigenvalue weighted by Gasteiger charge is -1.98. The summed E-state index contributed by atoms with van der Waals surface area (Å²) in [6.45, 7) is 2.74. The van der Waals surface area contributed by atoms with Crippen molar-refractivity contribution in [2.24, 2.45) is 4.99 Å². The summed E-state index contributed by atoms with van der Waals surface area (Å²) < 4.78 is 2.62. The number of nitrogens with one attached hydrogen (secondary N) is 1. The van der Waals surface area contributed by atoms with Crippen LogP contribution in [0.3, 0.4) is 0 Å². The number of fused-ring (bicyclic) bond motifs is 1. The molecule has 7 heteroatoms. The lowest BCUT2D eigenvalue weighted by atomic mass is 10.2. The average Bonchev–Trinajstić information content (AvgIpc) is 3.00. The van der Waals surface area contributed by atoms with E-state index < -0.39 is 0 Å². The van der Waals surface area contributed by atoms with Gasteiger partial charge in [0.05, 0.1) is 11.8 Å². The van der Waals surface area contributed by atoms with Crippen molar-refractivity contribution in [1.82, 2.24) is 19.7 Å². The van der Waals surface area contributed by atoms with Crippen LogP contribution in [-0.4, -0.2) is 31.1 Å². The van der Waals surface area contributed by atoms with Crippen molar-refractivity contribution in [2.45, 2.75) is 13.5 Å². The van der Waals surface area contributed by atoms with Crippen LogP contribution in [0.5, 0.6) is 5.88 Å². The van der Waals surface area contributed by atoms with Crippen LogP contribution in [-0.2, 0) is 6.54 Å². The fraction of sp³-hybridized carbons (Fsp3) is 0.154. The van der Waals surface area contributed by atoms with Crippen molar-refractivity contribution in [3.8, 4) is 5.88 Å². The first kappa shape index (κ1) is 12.9.